The van der Waals surface area contributed by atoms with Crippen LogP contribution in [0.5, 0.6) is 0 Å². The van der Waals surface area contributed by atoms with Crippen molar-refractivity contribution in [2.75, 3.05) is 0 Å². The summed E-state index contributed by atoms with van der Waals surface area (Å²) in [5, 5.41) is 8.72. The predicted octanol–water partition coefficient (Wildman–Crippen LogP) is 3.84. The lowest BCUT2D eigenvalue weighted by Gasteiger charge is -1.97. The van der Waals surface area contributed by atoms with Gasteiger partial charge in [0.2, 0.25) is 5.89 Å². The highest BCUT2D eigenvalue weighted by molar-refractivity contribution is 7.80. The minimum Gasteiger partial charge on any atom is -0.412 e. The Kier molecular flexibility index (Phi) is 3.53. The van der Waals surface area contributed by atoms with Crippen molar-refractivity contribution in [3.05, 3.63) is 39.7 Å². The van der Waals surface area contributed by atoms with Crippen LogP contribution in [0.2, 0.25) is 10.0 Å². The van der Waals surface area contributed by atoms with Crippen molar-refractivity contribution in [3.8, 4) is 0 Å². The molecule has 16 heavy (non-hydrogen) atoms. The van der Waals surface area contributed by atoms with Gasteiger partial charge in [0.05, 0.1) is 0 Å². The molecule has 2 aromatic rings. The average Bonchev–Trinajstić information content (AvgIpc) is 2.63. The van der Waals surface area contributed by atoms with Crippen LogP contribution in [0.4, 0.5) is 0 Å². The van der Waals surface area contributed by atoms with Gasteiger partial charge >= 0.3 is 0 Å². The quantitative estimate of drug-likeness (QED) is 0.845. The zero-order valence-electron chi connectivity index (χ0n) is 7.89. The number of aromatic nitrogens is 2. The number of hydrogen-bond donors (Lipinski definition) is 1. The van der Waals surface area contributed by atoms with E-state index in [0.717, 1.165) is 5.56 Å². The Labute approximate surface area is 107 Å². The zero-order chi connectivity index (χ0) is 11.5. The molecule has 0 aliphatic carbocycles. The van der Waals surface area contributed by atoms with Gasteiger partial charge < -0.3 is 4.42 Å². The van der Waals surface area contributed by atoms with E-state index in [2.05, 4.69) is 22.8 Å². The number of benzene rings is 1. The molecule has 6 heteroatoms. The van der Waals surface area contributed by atoms with E-state index >= 15 is 0 Å². The molecular weight excluding hydrogens is 267 g/mol. The van der Waals surface area contributed by atoms with Crippen molar-refractivity contribution in [1.82, 2.24) is 10.2 Å². The van der Waals surface area contributed by atoms with Gasteiger partial charge in [-0.2, -0.15) is 0 Å². The summed E-state index contributed by atoms with van der Waals surface area (Å²) in [6.07, 6.45) is 3.42. The fourth-order valence-electron chi connectivity index (χ4n) is 1.09. The van der Waals surface area contributed by atoms with Crippen LogP contribution in [-0.4, -0.2) is 10.2 Å². The van der Waals surface area contributed by atoms with Gasteiger partial charge in [-0.05, 0) is 23.8 Å². The normalized spacial score (nSPS) is 11.2. The first kappa shape index (κ1) is 11.5. The van der Waals surface area contributed by atoms with Crippen LogP contribution < -0.4 is 0 Å². The Bertz CT molecular complexity index is 539. The maximum atomic E-state index is 5.98. The molecule has 2 rings (SSSR count). The highest BCUT2D eigenvalue weighted by Crippen LogP contribution is 2.22. The molecule has 0 saturated carbocycles. The van der Waals surface area contributed by atoms with Crippen LogP contribution in [0.25, 0.3) is 12.2 Å². The SMILES string of the molecule is Sc1nnc(C=Cc2ccc(Cl)cc2Cl)o1. The largest absolute Gasteiger partial charge is 0.412 e. The first-order chi connectivity index (χ1) is 7.65. The molecule has 82 valence electrons. The summed E-state index contributed by atoms with van der Waals surface area (Å²) in [5.74, 6) is 0.371. The van der Waals surface area contributed by atoms with E-state index in [1.54, 1.807) is 30.4 Å². The smallest absolute Gasteiger partial charge is 0.273 e. The molecule has 3 nitrogen and oxygen atoms in total. The van der Waals surface area contributed by atoms with Crippen molar-refractivity contribution in [2.45, 2.75) is 5.22 Å². The van der Waals surface area contributed by atoms with E-state index in [1.807, 2.05) is 0 Å². The highest BCUT2D eigenvalue weighted by atomic mass is 35.5. The van der Waals surface area contributed by atoms with Gasteiger partial charge in [-0.25, -0.2) is 0 Å². The van der Waals surface area contributed by atoms with E-state index in [4.69, 9.17) is 27.6 Å². The maximum absolute atomic E-state index is 5.98. The van der Waals surface area contributed by atoms with Gasteiger partial charge in [0.1, 0.15) is 0 Å². The number of hydrogen-bond acceptors (Lipinski definition) is 4. The first-order valence-electron chi connectivity index (χ1n) is 4.31. The molecular formula is C10H6Cl2N2OS. The van der Waals surface area contributed by atoms with Crippen LogP contribution in [-0.2, 0) is 0 Å². The van der Waals surface area contributed by atoms with Crippen LogP contribution in [0.3, 0.4) is 0 Å². The van der Waals surface area contributed by atoms with Crippen LogP contribution in [0.15, 0.2) is 27.8 Å². The number of rotatable bonds is 2. The van der Waals surface area contributed by atoms with Gasteiger partial charge in [0, 0.05) is 16.1 Å². The molecule has 0 bridgehead atoms. The summed E-state index contributed by atoms with van der Waals surface area (Å²) in [4.78, 5) is 0. The van der Waals surface area contributed by atoms with E-state index in [0.29, 0.717) is 15.9 Å². The monoisotopic (exact) mass is 272 g/mol. The lowest BCUT2D eigenvalue weighted by molar-refractivity contribution is 0.448. The Morgan fingerprint density at radius 2 is 2.00 bits per heavy atom. The molecule has 0 radical (unpaired) electrons. The summed E-state index contributed by atoms with van der Waals surface area (Å²) >= 11 is 15.7. The van der Waals surface area contributed by atoms with Crippen molar-refractivity contribution >= 4 is 48.0 Å². The third-order valence-electron chi connectivity index (χ3n) is 1.80. The predicted molar refractivity (Wildman–Crippen MR) is 66.9 cm³/mol. The van der Waals surface area contributed by atoms with Gasteiger partial charge in [-0.15, -0.1) is 10.2 Å². The molecule has 0 unspecified atom stereocenters. The number of nitrogens with zero attached hydrogens (tertiary/aromatic N) is 2. The lowest BCUT2D eigenvalue weighted by Crippen LogP contribution is -1.76. The molecule has 0 aliphatic heterocycles. The Hall–Kier alpha value is -0.970. The minimum atomic E-state index is 0.224. The molecule has 0 N–H and O–H groups in total. The van der Waals surface area contributed by atoms with Gasteiger partial charge in [-0.3, -0.25) is 0 Å². The van der Waals surface area contributed by atoms with E-state index in [1.165, 1.54) is 0 Å². The van der Waals surface area contributed by atoms with Crippen molar-refractivity contribution in [2.24, 2.45) is 0 Å². The summed E-state index contributed by atoms with van der Waals surface area (Å²) in [7, 11) is 0. The van der Waals surface area contributed by atoms with Gasteiger partial charge in [-0.1, -0.05) is 41.9 Å². The molecule has 0 amide bonds. The summed E-state index contributed by atoms with van der Waals surface area (Å²) in [5.41, 5.74) is 0.824. The second kappa shape index (κ2) is 4.91. The van der Waals surface area contributed by atoms with E-state index in [-0.39, 0.29) is 5.22 Å². The standard InChI is InChI=1S/C10H6Cl2N2OS/c11-7-3-1-6(8(12)5-7)2-4-9-13-14-10(16)15-9/h1-5H,(H,14,16). The summed E-state index contributed by atoms with van der Waals surface area (Å²) in [6, 6.07) is 5.23. The molecule has 0 saturated heterocycles. The molecule has 0 fully saturated rings. The average molecular weight is 273 g/mol. The van der Waals surface area contributed by atoms with E-state index < -0.39 is 0 Å². The molecule has 0 atom stereocenters. The first-order valence-corrected chi connectivity index (χ1v) is 5.51. The van der Waals surface area contributed by atoms with Crippen LogP contribution in [0.1, 0.15) is 11.5 Å². The second-order valence-electron chi connectivity index (χ2n) is 2.92. The molecule has 0 aliphatic rings. The third kappa shape index (κ3) is 2.78. The van der Waals surface area contributed by atoms with Crippen LogP contribution >= 0.6 is 35.8 Å². The van der Waals surface area contributed by atoms with Crippen LogP contribution in [0, 0.1) is 0 Å². The topological polar surface area (TPSA) is 38.9 Å². The zero-order valence-corrected chi connectivity index (χ0v) is 10.3. The third-order valence-corrected chi connectivity index (χ3v) is 2.54. The Morgan fingerprint density at radius 3 is 2.62 bits per heavy atom. The number of halogens is 2. The maximum Gasteiger partial charge on any atom is 0.273 e. The fraction of sp³-hybridized carbons (Fsp3) is 0. The number of thiol groups is 1. The van der Waals surface area contributed by atoms with Gasteiger partial charge in [0.15, 0.2) is 0 Å². The summed E-state index contributed by atoms with van der Waals surface area (Å²) < 4.78 is 5.05. The molecule has 0 spiro atoms. The Morgan fingerprint density at radius 1 is 1.19 bits per heavy atom. The summed E-state index contributed by atoms with van der Waals surface area (Å²) in [6.45, 7) is 0. The molecule has 1 heterocycles. The second-order valence-corrected chi connectivity index (χ2v) is 4.15. The van der Waals surface area contributed by atoms with Crippen molar-refractivity contribution in [1.29, 1.82) is 0 Å². The minimum absolute atomic E-state index is 0.224. The lowest BCUT2D eigenvalue weighted by atomic mass is 10.2. The molecule has 1 aromatic heterocycles. The Balaban J connectivity index is 2.23. The van der Waals surface area contributed by atoms with Gasteiger partial charge in [0.25, 0.3) is 5.22 Å². The van der Waals surface area contributed by atoms with Crippen molar-refractivity contribution in [3.63, 3.8) is 0 Å². The molecule has 1 aromatic carbocycles. The van der Waals surface area contributed by atoms with Crippen molar-refractivity contribution < 1.29 is 4.42 Å². The van der Waals surface area contributed by atoms with E-state index in [9.17, 15) is 0 Å². The fourth-order valence-corrected chi connectivity index (χ4v) is 1.70. The highest BCUT2D eigenvalue weighted by Gasteiger charge is 2.00.